The van der Waals surface area contributed by atoms with Gasteiger partial charge in [-0.05, 0) is 13.0 Å². The van der Waals surface area contributed by atoms with E-state index >= 15 is 0 Å². The van der Waals surface area contributed by atoms with E-state index in [0.29, 0.717) is 0 Å². The van der Waals surface area contributed by atoms with E-state index in [1.54, 1.807) is 0 Å². The molecule has 6 heteroatoms. The van der Waals surface area contributed by atoms with E-state index < -0.39 is 0 Å². The minimum Gasteiger partial charge on any atom is -0.339 e. The number of thioether (sulfide) groups is 1. The molecule has 1 saturated heterocycles. The van der Waals surface area contributed by atoms with Crippen molar-refractivity contribution < 1.29 is 0 Å². The Labute approximate surface area is 117 Å². The van der Waals surface area contributed by atoms with E-state index in [0.717, 1.165) is 47.5 Å². The summed E-state index contributed by atoms with van der Waals surface area (Å²) in [5, 5.41) is 4.37. The maximum Gasteiger partial charge on any atom is 0.225 e. The van der Waals surface area contributed by atoms with Gasteiger partial charge in [0.2, 0.25) is 5.95 Å². The van der Waals surface area contributed by atoms with Gasteiger partial charge in [0.15, 0.2) is 0 Å². The normalized spacial score (nSPS) is 15.8. The highest BCUT2D eigenvalue weighted by Crippen LogP contribution is 2.22. The van der Waals surface area contributed by atoms with Crippen LogP contribution in [0.3, 0.4) is 0 Å². The van der Waals surface area contributed by atoms with E-state index in [4.69, 9.17) is 4.98 Å². The fourth-order valence-corrected chi connectivity index (χ4v) is 3.17. The summed E-state index contributed by atoms with van der Waals surface area (Å²) in [6.45, 7) is 4.06. The number of nitrogens with zero attached hydrogens (tertiary/aromatic N) is 5. The maximum absolute atomic E-state index is 4.69. The zero-order valence-electron chi connectivity index (χ0n) is 11.2. The molecular formula is C13H17N5S. The van der Waals surface area contributed by atoms with Crippen LogP contribution in [0.4, 0.5) is 5.95 Å². The fourth-order valence-electron chi connectivity index (χ4n) is 2.27. The van der Waals surface area contributed by atoms with Gasteiger partial charge in [-0.3, -0.25) is 4.68 Å². The van der Waals surface area contributed by atoms with E-state index in [1.807, 2.05) is 48.9 Å². The standard InChI is InChI=1S/C13H17N5S/c1-10-11(9-17(2)16-10)12-3-4-14-13(15-12)18-5-7-19-8-6-18/h3-4,9H,5-8H2,1-2H3. The smallest absolute Gasteiger partial charge is 0.225 e. The number of aromatic nitrogens is 4. The average Bonchev–Trinajstić information content (AvgIpc) is 2.79. The van der Waals surface area contributed by atoms with Crippen molar-refractivity contribution in [2.45, 2.75) is 6.92 Å². The van der Waals surface area contributed by atoms with Gasteiger partial charge in [0, 0.05) is 49.6 Å². The van der Waals surface area contributed by atoms with Gasteiger partial charge in [-0.25, -0.2) is 9.97 Å². The summed E-state index contributed by atoms with van der Waals surface area (Å²) >= 11 is 1.99. The summed E-state index contributed by atoms with van der Waals surface area (Å²) in [4.78, 5) is 11.4. The molecule has 5 nitrogen and oxygen atoms in total. The van der Waals surface area contributed by atoms with Crippen LogP contribution in [0.2, 0.25) is 0 Å². The van der Waals surface area contributed by atoms with E-state index in [9.17, 15) is 0 Å². The van der Waals surface area contributed by atoms with Crippen molar-refractivity contribution in [3.05, 3.63) is 24.2 Å². The van der Waals surface area contributed by atoms with Gasteiger partial charge in [0.25, 0.3) is 0 Å². The Balaban J connectivity index is 1.93. The first kappa shape index (κ1) is 12.5. The molecule has 0 amide bonds. The highest BCUT2D eigenvalue weighted by Gasteiger charge is 2.15. The van der Waals surface area contributed by atoms with Crippen molar-refractivity contribution in [1.82, 2.24) is 19.7 Å². The first-order chi connectivity index (χ1) is 9.24. The van der Waals surface area contributed by atoms with Gasteiger partial charge in [-0.15, -0.1) is 0 Å². The monoisotopic (exact) mass is 275 g/mol. The molecule has 0 unspecified atom stereocenters. The molecule has 0 radical (unpaired) electrons. The summed E-state index contributed by atoms with van der Waals surface area (Å²) in [6, 6.07) is 1.95. The van der Waals surface area contributed by atoms with Crippen LogP contribution in [0.25, 0.3) is 11.3 Å². The third-order valence-electron chi connectivity index (χ3n) is 3.23. The number of hydrogen-bond acceptors (Lipinski definition) is 5. The quantitative estimate of drug-likeness (QED) is 0.835. The van der Waals surface area contributed by atoms with Gasteiger partial charge >= 0.3 is 0 Å². The molecule has 1 fully saturated rings. The van der Waals surface area contributed by atoms with Crippen LogP contribution in [0.1, 0.15) is 5.69 Å². The van der Waals surface area contributed by atoms with Crippen molar-refractivity contribution in [2.24, 2.45) is 7.05 Å². The molecule has 3 heterocycles. The maximum atomic E-state index is 4.69. The highest BCUT2D eigenvalue weighted by atomic mass is 32.2. The topological polar surface area (TPSA) is 46.8 Å². The Morgan fingerprint density at radius 1 is 1.26 bits per heavy atom. The van der Waals surface area contributed by atoms with Crippen LogP contribution in [0.15, 0.2) is 18.5 Å². The lowest BCUT2D eigenvalue weighted by molar-refractivity contribution is 0.756. The summed E-state index contributed by atoms with van der Waals surface area (Å²) in [5.41, 5.74) is 3.03. The lowest BCUT2D eigenvalue weighted by Gasteiger charge is -2.26. The summed E-state index contributed by atoms with van der Waals surface area (Å²) < 4.78 is 1.82. The molecule has 0 N–H and O–H groups in total. The van der Waals surface area contributed by atoms with Gasteiger partial charge in [-0.2, -0.15) is 16.9 Å². The van der Waals surface area contributed by atoms with Crippen LogP contribution in [0, 0.1) is 6.92 Å². The lowest BCUT2D eigenvalue weighted by atomic mass is 10.2. The number of anilines is 1. The largest absolute Gasteiger partial charge is 0.339 e. The van der Waals surface area contributed by atoms with Gasteiger partial charge in [-0.1, -0.05) is 0 Å². The molecular weight excluding hydrogens is 258 g/mol. The number of hydrogen-bond donors (Lipinski definition) is 0. The molecule has 19 heavy (non-hydrogen) atoms. The second-order valence-electron chi connectivity index (χ2n) is 4.64. The van der Waals surface area contributed by atoms with Crippen LogP contribution in [0.5, 0.6) is 0 Å². The van der Waals surface area contributed by atoms with Crippen molar-refractivity contribution >= 4 is 17.7 Å². The zero-order valence-corrected chi connectivity index (χ0v) is 12.0. The molecule has 0 spiro atoms. The third kappa shape index (κ3) is 2.58. The first-order valence-corrected chi connectivity index (χ1v) is 7.56. The molecule has 2 aromatic heterocycles. The van der Waals surface area contributed by atoms with E-state index in [1.165, 1.54) is 0 Å². The second-order valence-corrected chi connectivity index (χ2v) is 5.87. The van der Waals surface area contributed by atoms with Crippen LogP contribution in [-0.2, 0) is 7.05 Å². The fraction of sp³-hybridized carbons (Fsp3) is 0.462. The Kier molecular flexibility index (Phi) is 3.42. The van der Waals surface area contributed by atoms with Gasteiger partial charge < -0.3 is 4.90 Å². The first-order valence-electron chi connectivity index (χ1n) is 6.40. The van der Waals surface area contributed by atoms with Crippen LogP contribution >= 0.6 is 11.8 Å². The Bertz CT molecular complexity index is 574. The highest BCUT2D eigenvalue weighted by molar-refractivity contribution is 7.99. The Morgan fingerprint density at radius 3 is 2.74 bits per heavy atom. The molecule has 1 aliphatic rings. The molecule has 0 bridgehead atoms. The molecule has 0 saturated carbocycles. The van der Waals surface area contributed by atoms with Gasteiger partial charge in [0.1, 0.15) is 0 Å². The third-order valence-corrected chi connectivity index (χ3v) is 4.17. The Morgan fingerprint density at radius 2 is 2.05 bits per heavy atom. The molecule has 2 aromatic rings. The van der Waals surface area contributed by atoms with E-state index in [-0.39, 0.29) is 0 Å². The Hall–Kier alpha value is -1.56. The molecule has 100 valence electrons. The zero-order chi connectivity index (χ0) is 13.2. The number of rotatable bonds is 2. The summed E-state index contributed by atoms with van der Waals surface area (Å²) in [5.74, 6) is 3.14. The SMILES string of the molecule is Cc1nn(C)cc1-c1ccnc(N2CCSCC2)n1. The predicted octanol–water partition coefficient (Wildman–Crippen LogP) is 1.74. The van der Waals surface area contributed by atoms with Crippen molar-refractivity contribution in [1.29, 1.82) is 0 Å². The predicted molar refractivity (Wildman–Crippen MR) is 78.5 cm³/mol. The van der Waals surface area contributed by atoms with Crippen LogP contribution in [-0.4, -0.2) is 44.3 Å². The van der Waals surface area contributed by atoms with Crippen molar-refractivity contribution in [3.8, 4) is 11.3 Å². The minimum absolute atomic E-state index is 0.834. The second kappa shape index (κ2) is 5.21. The summed E-state index contributed by atoms with van der Waals surface area (Å²) in [6.07, 6.45) is 3.85. The minimum atomic E-state index is 0.834. The average molecular weight is 275 g/mol. The van der Waals surface area contributed by atoms with Crippen molar-refractivity contribution in [3.63, 3.8) is 0 Å². The van der Waals surface area contributed by atoms with Crippen molar-refractivity contribution in [2.75, 3.05) is 29.5 Å². The molecule has 0 aromatic carbocycles. The molecule has 3 rings (SSSR count). The van der Waals surface area contributed by atoms with Gasteiger partial charge in [0.05, 0.1) is 11.4 Å². The lowest BCUT2D eigenvalue weighted by Crippen LogP contribution is -2.33. The summed E-state index contributed by atoms with van der Waals surface area (Å²) in [7, 11) is 1.93. The molecule has 1 aliphatic heterocycles. The molecule has 0 atom stereocenters. The van der Waals surface area contributed by atoms with E-state index in [2.05, 4.69) is 15.0 Å². The van der Waals surface area contributed by atoms with Crippen LogP contribution < -0.4 is 4.90 Å². The number of aryl methyl sites for hydroxylation is 2. The molecule has 0 aliphatic carbocycles.